The molecule has 0 radical (unpaired) electrons. The van der Waals surface area contributed by atoms with E-state index in [4.69, 9.17) is 0 Å². The third-order valence-corrected chi connectivity index (χ3v) is 7.37. The number of benzene rings is 6. The number of hydrogen-bond acceptors (Lipinski definition) is 0. The van der Waals surface area contributed by atoms with Gasteiger partial charge in [-0.2, -0.15) is 0 Å². The van der Waals surface area contributed by atoms with Gasteiger partial charge in [0.2, 0.25) is 0 Å². The molecule has 0 atom stereocenters. The van der Waals surface area contributed by atoms with Gasteiger partial charge in [0.05, 0.1) is 0 Å². The summed E-state index contributed by atoms with van der Waals surface area (Å²) >= 11 is 0. The van der Waals surface area contributed by atoms with E-state index in [-0.39, 0.29) is 0 Å². The average molecular weight is 436 g/mol. The van der Waals surface area contributed by atoms with Crippen LogP contribution in [0.3, 0.4) is 0 Å². The van der Waals surface area contributed by atoms with Crippen molar-refractivity contribution in [1.29, 1.82) is 0 Å². The van der Waals surface area contributed by atoms with Crippen LogP contribution in [0.4, 0.5) is 0 Å². The van der Waals surface area contributed by atoms with Crippen molar-refractivity contribution in [3.05, 3.63) is 120 Å². The molecule has 6 aromatic carbocycles. The van der Waals surface area contributed by atoms with Gasteiger partial charge in [-0.25, -0.2) is 0 Å². The summed E-state index contributed by atoms with van der Waals surface area (Å²) in [5.74, 6) is 0. The van der Waals surface area contributed by atoms with Gasteiger partial charge in [-0.1, -0.05) is 91.0 Å². The largest absolute Gasteiger partial charge is 0.341 e. The molecule has 1 heteroatoms. The lowest BCUT2D eigenvalue weighted by atomic mass is 9.92. The van der Waals surface area contributed by atoms with Crippen molar-refractivity contribution in [2.45, 2.75) is 19.9 Å². The van der Waals surface area contributed by atoms with Crippen LogP contribution < -0.4 is 0 Å². The summed E-state index contributed by atoms with van der Waals surface area (Å²) < 4.78 is 2.42. The first-order valence-electron chi connectivity index (χ1n) is 12.1. The minimum Gasteiger partial charge on any atom is -0.341 e. The lowest BCUT2D eigenvalue weighted by molar-refractivity contribution is 0.827. The zero-order chi connectivity index (χ0) is 22.6. The SMILES string of the molecule is CCn1c2ccccc2c2cc(Cc3ccc4c5ccccc5c5ccccc5c4c3)ccc21. The number of fused-ring (bicyclic) bond motifs is 9. The highest BCUT2D eigenvalue weighted by Crippen LogP contribution is 2.36. The Balaban J connectivity index is 1.40. The van der Waals surface area contributed by atoms with Crippen LogP contribution in [-0.4, -0.2) is 4.57 Å². The van der Waals surface area contributed by atoms with Gasteiger partial charge in [-0.3, -0.25) is 0 Å². The van der Waals surface area contributed by atoms with Gasteiger partial charge in [0, 0.05) is 28.4 Å². The number of nitrogens with zero attached hydrogens (tertiary/aromatic N) is 1. The number of aromatic nitrogens is 1. The molecule has 1 heterocycles. The number of aryl methyl sites for hydroxylation is 1. The molecule has 1 aromatic heterocycles. The molecule has 1 nitrogen and oxygen atoms in total. The lowest BCUT2D eigenvalue weighted by Crippen LogP contribution is -1.93. The maximum absolute atomic E-state index is 2.42. The molecule has 0 aliphatic heterocycles. The number of rotatable bonds is 3. The Labute approximate surface area is 198 Å². The topological polar surface area (TPSA) is 4.93 Å². The maximum Gasteiger partial charge on any atom is 0.0491 e. The van der Waals surface area contributed by atoms with Gasteiger partial charge in [0.25, 0.3) is 0 Å². The third kappa shape index (κ3) is 2.80. The van der Waals surface area contributed by atoms with Gasteiger partial charge >= 0.3 is 0 Å². The van der Waals surface area contributed by atoms with Crippen molar-refractivity contribution in [3.63, 3.8) is 0 Å². The molecule has 0 saturated heterocycles. The van der Waals surface area contributed by atoms with E-state index in [2.05, 4.69) is 121 Å². The van der Waals surface area contributed by atoms with E-state index in [1.165, 1.54) is 65.3 Å². The monoisotopic (exact) mass is 435 g/mol. The zero-order valence-electron chi connectivity index (χ0n) is 19.3. The maximum atomic E-state index is 2.42. The molecule has 7 rings (SSSR count). The fourth-order valence-electron chi connectivity index (χ4n) is 5.85. The van der Waals surface area contributed by atoms with Crippen LogP contribution in [0.1, 0.15) is 18.1 Å². The molecule has 162 valence electrons. The highest BCUT2D eigenvalue weighted by Gasteiger charge is 2.12. The second-order valence-corrected chi connectivity index (χ2v) is 9.26. The fraction of sp³-hybridized carbons (Fsp3) is 0.0909. The Kier molecular flexibility index (Phi) is 4.25. The summed E-state index contributed by atoms with van der Waals surface area (Å²) in [4.78, 5) is 0. The molecule has 0 aliphatic carbocycles. The van der Waals surface area contributed by atoms with E-state index >= 15 is 0 Å². The van der Waals surface area contributed by atoms with Crippen molar-refractivity contribution < 1.29 is 0 Å². The molecule has 0 amide bonds. The number of para-hydroxylation sites is 1. The molecule has 0 saturated carbocycles. The molecule has 0 aliphatic rings. The highest BCUT2D eigenvalue weighted by atomic mass is 15.0. The van der Waals surface area contributed by atoms with Gasteiger partial charge in [-0.15, -0.1) is 0 Å². The predicted molar refractivity (Wildman–Crippen MR) is 147 cm³/mol. The fourth-order valence-corrected chi connectivity index (χ4v) is 5.85. The van der Waals surface area contributed by atoms with E-state index in [1.807, 2.05) is 0 Å². The van der Waals surface area contributed by atoms with E-state index in [0.29, 0.717) is 0 Å². The van der Waals surface area contributed by atoms with Crippen molar-refractivity contribution in [1.82, 2.24) is 4.57 Å². The van der Waals surface area contributed by atoms with Crippen LogP contribution in [0.15, 0.2) is 109 Å². The summed E-state index contributed by atoms with van der Waals surface area (Å²) in [5.41, 5.74) is 5.35. The third-order valence-electron chi connectivity index (χ3n) is 7.37. The predicted octanol–water partition coefficient (Wildman–Crippen LogP) is 8.86. The van der Waals surface area contributed by atoms with Crippen LogP contribution >= 0.6 is 0 Å². The standard InChI is InChI=1S/C33H25N/c1-2-34-32-14-8-7-13-29(32)31-21-23(16-18-33(31)34)19-22-15-17-28-26-11-4-3-9-24(26)25-10-5-6-12-27(25)30(28)20-22/h3-18,20-21H,2,19H2,1H3. The summed E-state index contributed by atoms with van der Waals surface area (Å²) in [5, 5.41) is 10.7. The minimum atomic E-state index is 0.929. The normalized spacial score (nSPS) is 11.9. The molecule has 7 aromatic rings. The second-order valence-electron chi connectivity index (χ2n) is 9.26. The van der Waals surface area contributed by atoms with Crippen molar-refractivity contribution in [2.24, 2.45) is 0 Å². The van der Waals surface area contributed by atoms with Gasteiger partial charge < -0.3 is 4.57 Å². The Morgan fingerprint density at radius 1 is 0.441 bits per heavy atom. The summed E-state index contributed by atoms with van der Waals surface area (Å²) in [6.45, 7) is 3.21. The summed E-state index contributed by atoms with van der Waals surface area (Å²) in [6, 6.07) is 40.4. The van der Waals surface area contributed by atoms with Gasteiger partial charge in [0.15, 0.2) is 0 Å². The Morgan fingerprint density at radius 2 is 0.912 bits per heavy atom. The quantitative estimate of drug-likeness (QED) is 0.244. The van der Waals surface area contributed by atoms with Crippen molar-refractivity contribution in [2.75, 3.05) is 0 Å². The molecular weight excluding hydrogens is 410 g/mol. The van der Waals surface area contributed by atoms with Crippen LogP contribution in [0, 0.1) is 0 Å². The number of hydrogen-bond donors (Lipinski definition) is 0. The Hall–Kier alpha value is -4.10. The smallest absolute Gasteiger partial charge is 0.0491 e. The molecule has 0 N–H and O–H groups in total. The molecule has 0 bridgehead atoms. The molecule has 0 unspecified atom stereocenters. The van der Waals surface area contributed by atoms with E-state index < -0.39 is 0 Å². The second kappa shape index (κ2) is 7.46. The van der Waals surface area contributed by atoms with Crippen LogP contribution in [0.5, 0.6) is 0 Å². The van der Waals surface area contributed by atoms with E-state index in [9.17, 15) is 0 Å². The van der Waals surface area contributed by atoms with Crippen molar-refractivity contribution in [3.8, 4) is 0 Å². The lowest BCUT2D eigenvalue weighted by Gasteiger charge is -2.12. The highest BCUT2D eigenvalue weighted by molar-refractivity contribution is 6.25. The Bertz CT molecular complexity index is 1830. The minimum absolute atomic E-state index is 0.929. The van der Waals surface area contributed by atoms with Crippen LogP contribution in [0.25, 0.3) is 54.1 Å². The summed E-state index contributed by atoms with van der Waals surface area (Å²) in [6.07, 6.45) is 0.929. The Morgan fingerprint density at radius 3 is 1.56 bits per heavy atom. The molecular formula is C33H25N. The first-order valence-corrected chi connectivity index (χ1v) is 12.1. The van der Waals surface area contributed by atoms with Crippen LogP contribution in [0.2, 0.25) is 0 Å². The van der Waals surface area contributed by atoms with Gasteiger partial charge in [0.1, 0.15) is 0 Å². The first kappa shape index (κ1) is 19.4. The summed E-state index contributed by atoms with van der Waals surface area (Å²) in [7, 11) is 0. The van der Waals surface area contributed by atoms with Gasteiger partial charge in [-0.05, 0) is 75.0 Å². The van der Waals surface area contributed by atoms with Crippen molar-refractivity contribution >= 4 is 54.1 Å². The first-order chi connectivity index (χ1) is 16.8. The van der Waals surface area contributed by atoms with E-state index in [1.54, 1.807) is 0 Å². The molecule has 0 spiro atoms. The zero-order valence-corrected chi connectivity index (χ0v) is 19.3. The average Bonchev–Trinajstić information content (AvgIpc) is 3.22. The van der Waals surface area contributed by atoms with Crippen LogP contribution in [-0.2, 0) is 13.0 Å². The molecule has 0 fully saturated rings. The van der Waals surface area contributed by atoms with E-state index in [0.717, 1.165) is 13.0 Å². The molecule has 34 heavy (non-hydrogen) atoms.